The van der Waals surface area contributed by atoms with Gasteiger partial charge in [-0.1, -0.05) is 4.49 Å². The summed E-state index contributed by atoms with van der Waals surface area (Å²) in [5.41, 5.74) is -1.68. The van der Waals surface area contributed by atoms with Gasteiger partial charge in [0.25, 0.3) is 12.3 Å². The molecular weight excluding hydrogens is 397 g/mol. The Kier molecular flexibility index (Phi) is 4.75. The quantitative estimate of drug-likeness (QED) is 0.769. The second-order valence-electron chi connectivity index (χ2n) is 3.93. The van der Waals surface area contributed by atoms with E-state index in [2.05, 4.69) is 30.8 Å². The highest BCUT2D eigenvalue weighted by atomic mass is 79.9. The first-order chi connectivity index (χ1) is 10.2. The Bertz CT molecular complexity index is 703. The van der Waals surface area contributed by atoms with Crippen molar-refractivity contribution in [1.82, 2.24) is 9.59 Å². The second kappa shape index (κ2) is 6.24. The average Bonchev–Trinajstić information content (AvgIpc) is 2.89. The lowest BCUT2D eigenvalue weighted by atomic mass is 10.2. The van der Waals surface area contributed by atoms with Crippen LogP contribution in [0.25, 0.3) is 0 Å². The monoisotopic (exact) mass is 401 g/mol. The zero-order valence-corrected chi connectivity index (χ0v) is 12.7. The first kappa shape index (κ1) is 16.7. The van der Waals surface area contributed by atoms with Crippen LogP contribution in [0, 0.1) is 0 Å². The van der Waals surface area contributed by atoms with E-state index in [0.29, 0.717) is 11.5 Å². The van der Waals surface area contributed by atoms with Crippen molar-refractivity contribution in [2.45, 2.75) is 12.6 Å². The third-order valence-electron chi connectivity index (χ3n) is 2.47. The molecule has 0 spiro atoms. The molecule has 11 heteroatoms. The van der Waals surface area contributed by atoms with Crippen LogP contribution in [0.3, 0.4) is 0 Å². The number of hydrogen-bond acceptors (Lipinski definition) is 4. The summed E-state index contributed by atoms with van der Waals surface area (Å²) in [6.45, 7) is 0. The largest absolute Gasteiger partial charge is 0.416 e. The maximum absolute atomic E-state index is 12.6. The van der Waals surface area contributed by atoms with Crippen molar-refractivity contribution in [3.05, 3.63) is 38.8 Å². The first-order valence-corrected chi connectivity index (χ1v) is 7.05. The molecule has 0 atom stereocenters. The predicted molar refractivity (Wildman–Crippen MR) is 72.0 cm³/mol. The molecular formula is C11H5BrF5N3OS. The highest BCUT2D eigenvalue weighted by Gasteiger charge is 2.31. The third kappa shape index (κ3) is 3.58. The molecule has 0 aliphatic carbocycles. The smallest absolute Gasteiger partial charge is 0.320 e. The lowest BCUT2D eigenvalue weighted by Crippen LogP contribution is -2.14. The molecule has 0 bridgehead atoms. The normalized spacial score (nSPS) is 11.8. The van der Waals surface area contributed by atoms with Gasteiger partial charge in [0.15, 0.2) is 5.69 Å². The van der Waals surface area contributed by atoms with Crippen LogP contribution >= 0.6 is 27.5 Å². The number of halogens is 6. The molecule has 1 aromatic heterocycles. The molecule has 118 valence electrons. The van der Waals surface area contributed by atoms with E-state index in [1.165, 1.54) is 0 Å². The topological polar surface area (TPSA) is 54.9 Å². The standard InChI is InChI=1S/C11H5BrF5N3OS/c12-5-3-4(11(15,16)17)1-2-6(5)18-10(21)8-7(9(13)14)19-20-22-8/h1-3,9H,(H,18,21). The number of amides is 1. The number of benzene rings is 1. The Balaban J connectivity index is 2.24. The minimum Gasteiger partial charge on any atom is -0.320 e. The van der Waals surface area contributed by atoms with Gasteiger partial charge in [0.05, 0.1) is 11.3 Å². The van der Waals surface area contributed by atoms with Gasteiger partial charge in [0.2, 0.25) is 0 Å². The first-order valence-electron chi connectivity index (χ1n) is 5.48. The number of alkyl halides is 5. The van der Waals surface area contributed by atoms with Crippen LogP contribution in [0.1, 0.15) is 27.4 Å². The molecule has 0 fully saturated rings. The molecule has 0 radical (unpaired) electrons. The molecule has 2 rings (SSSR count). The van der Waals surface area contributed by atoms with Crippen molar-refractivity contribution in [3.63, 3.8) is 0 Å². The lowest BCUT2D eigenvalue weighted by Gasteiger charge is -2.11. The third-order valence-corrected chi connectivity index (χ3v) is 3.87. The molecule has 0 aliphatic heterocycles. The van der Waals surface area contributed by atoms with E-state index in [-0.39, 0.29) is 10.2 Å². The summed E-state index contributed by atoms with van der Waals surface area (Å²) in [4.78, 5) is 11.5. The Morgan fingerprint density at radius 1 is 1.32 bits per heavy atom. The number of rotatable bonds is 3. The summed E-state index contributed by atoms with van der Waals surface area (Å²) in [5, 5.41) is 5.37. The average molecular weight is 402 g/mol. The van der Waals surface area contributed by atoms with E-state index in [9.17, 15) is 26.7 Å². The summed E-state index contributed by atoms with van der Waals surface area (Å²) in [6, 6.07) is 2.55. The zero-order valence-electron chi connectivity index (χ0n) is 10.3. The molecule has 4 nitrogen and oxygen atoms in total. The van der Waals surface area contributed by atoms with Gasteiger partial charge in [-0.05, 0) is 45.7 Å². The lowest BCUT2D eigenvalue weighted by molar-refractivity contribution is -0.137. The van der Waals surface area contributed by atoms with Crippen molar-refractivity contribution in [3.8, 4) is 0 Å². The minimum atomic E-state index is -4.53. The van der Waals surface area contributed by atoms with Crippen molar-refractivity contribution in [1.29, 1.82) is 0 Å². The van der Waals surface area contributed by atoms with E-state index in [1.54, 1.807) is 0 Å². The van der Waals surface area contributed by atoms with Crippen molar-refractivity contribution in [2.24, 2.45) is 0 Å². The highest BCUT2D eigenvalue weighted by molar-refractivity contribution is 9.10. The van der Waals surface area contributed by atoms with Crippen molar-refractivity contribution >= 4 is 39.1 Å². The van der Waals surface area contributed by atoms with Gasteiger partial charge >= 0.3 is 6.18 Å². The molecule has 22 heavy (non-hydrogen) atoms. The number of carbonyl (C=O) groups is 1. The van der Waals surface area contributed by atoms with Gasteiger partial charge in [-0.2, -0.15) is 13.2 Å². The number of nitrogens with zero attached hydrogens (tertiary/aromatic N) is 2. The van der Waals surface area contributed by atoms with Crippen LogP contribution < -0.4 is 5.32 Å². The van der Waals surface area contributed by atoms with Crippen LogP contribution in [-0.4, -0.2) is 15.5 Å². The summed E-state index contributed by atoms with van der Waals surface area (Å²) in [6.07, 6.45) is -7.51. The summed E-state index contributed by atoms with van der Waals surface area (Å²) in [7, 11) is 0. The van der Waals surface area contributed by atoms with Crippen molar-refractivity contribution < 1.29 is 26.7 Å². The maximum atomic E-state index is 12.6. The van der Waals surface area contributed by atoms with E-state index in [0.717, 1.165) is 18.2 Å². The van der Waals surface area contributed by atoms with Gasteiger partial charge in [-0.25, -0.2) is 8.78 Å². The predicted octanol–water partition coefficient (Wildman–Crippen LogP) is 4.51. The molecule has 0 saturated heterocycles. The fourth-order valence-corrected chi connectivity index (χ4v) is 2.52. The fourth-order valence-electron chi connectivity index (χ4n) is 1.47. The van der Waals surface area contributed by atoms with Gasteiger partial charge in [0, 0.05) is 4.47 Å². The number of nitrogens with one attached hydrogen (secondary N) is 1. The van der Waals surface area contributed by atoms with E-state index < -0.39 is 34.6 Å². The van der Waals surface area contributed by atoms with Crippen LogP contribution in [0.5, 0.6) is 0 Å². The molecule has 0 aliphatic rings. The summed E-state index contributed by atoms with van der Waals surface area (Å²) < 4.78 is 66.0. The zero-order chi connectivity index (χ0) is 16.5. The Hall–Kier alpha value is -1.62. The Morgan fingerprint density at radius 2 is 2.00 bits per heavy atom. The molecule has 1 N–H and O–H groups in total. The molecule has 0 unspecified atom stereocenters. The number of aromatic nitrogens is 2. The van der Waals surface area contributed by atoms with Gasteiger partial charge in [-0.3, -0.25) is 4.79 Å². The summed E-state index contributed by atoms with van der Waals surface area (Å²) in [5.74, 6) is -0.925. The Labute approximate surface area is 132 Å². The van der Waals surface area contributed by atoms with Crippen LogP contribution in [-0.2, 0) is 6.18 Å². The number of anilines is 1. The molecule has 1 heterocycles. The number of hydrogen-bond donors (Lipinski definition) is 1. The van der Waals surface area contributed by atoms with E-state index in [4.69, 9.17) is 0 Å². The molecule has 0 saturated carbocycles. The van der Waals surface area contributed by atoms with Gasteiger partial charge < -0.3 is 5.32 Å². The van der Waals surface area contributed by atoms with Crippen molar-refractivity contribution in [2.75, 3.05) is 5.32 Å². The van der Waals surface area contributed by atoms with Gasteiger partial charge in [0.1, 0.15) is 4.88 Å². The van der Waals surface area contributed by atoms with Crippen LogP contribution in [0.4, 0.5) is 27.6 Å². The Morgan fingerprint density at radius 3 is 2.55 bits per heavy atom. The summed E-state index contributed by atoms with van der Waals surface area (Å²) >= 11 is 3.36. The highest BCUT2D eigenvalue weighted by Crippen LogP contribution is 2.34. The molecule has 2 aromatic rings. The van der Waals surface area contributed by atoms with E-state index >= 15 is 0 Å². The minimum absolute atomic E-state index is 0.00613. The second-order valence-corrected chi connectivity index (χ2v) is 5.54. The van der Waals surface area contributed by atoms with E-state index in [1.807, 2.05) is 0 Å². The van der Waals surface area contributed by atoms with Gasteiger partial charge in [-0.15, -0.1) is 5.10 Å². The fraction of sp³-hybridized carbons (Fsp3) is 0.182. The molecule has 1 amide bonds. The number of carbonyl (C=O) groups excluding carboxylic acids is 1. The van der Waals surface area contributed by atoms with Crippen LogP contribution in [0.15, 0.2) is 22.7 Å². The SMILES string of the molecule is O=C(Nc1ccc(C(F)(F)F)cc1Br)c1snnc1C(F)F. The van der Waals surface area contributed by atoms with Crippen LogP contribution in [0.2, 0.25) is 0 Å². The maximum Gasteiger partial charge on any atom is 0.416 e. The molecule has 1 aromatic carbocycles.